The van der Waals surface area contributed by atoms with Gasteiger partial charge in [-0.25, -0.2) is 12.7 Å². The minimum Gasteiger partial charge on any atom is -0.381 e. The Morgan fingerprint density at radius 3 is 2.62 bits per heavy atom. The van der Waals surface area contributed by atoms with Crippen molar-refractivity contribution in [2.75, 3.05) is 47.4 Å². The lowest BCUT2D eigenvalue weighted by molar-refractivity contribution is 0.156. The highest BCUT2D eigenvalue weighted by Gasteiger charge is 2.42. The van der Waals surface area contributed by atoms with Crippen LogP contribution in [0.3, 0.4) is 0 Å². The molecule has 8 heteroatoms. The average Bonchev–Trinajstić information content (AvgIpc) is 3.26. The van der Waals surface area contributed by atoms with Gasteiger partial charge in [-0.1, -0.05) is 12.1 Å². The van der Waals surface area contributed by atoms with Crippen LogP contribution in [0, 0.1) is 5.41 Å². The number of likely N-dealkylation sites (tertiary alicyclic amines) is 1. The van der Waals surface area contributed by atoms with Crippen molar-refractivity contribution >= 4 is 16.0 Å². The van der Waals surface area contributed by atoms with Gasteiger partial charge in [0.1, 0.15) is 0 Å². The maximum absolute atomic E-state index is 12.1. The maximum Gasteiger partial charge on any atom is 0.242 e. The Bertz CT molecular complexity index is 753. The van der Waals surface area contributed by atoms with Crippen molar-refractivity contribution in [1.82, 2.24) is 14.5 Å². The third-order valence-electron chi connectivity index (χ3n) is 5.29. The molecule has 1 unspecified atom stereocenters. The summed E-state index contributed by atoms with van der Waals surface area (Å²) in [5, 5.41) is 3.39. The third-order valence-corrected chi connectivity index (χ3v) is 7.12. The minimum absolute atomic E-state index is 0.291. The molecule has 0 radical (unpaired) electrons. The fourth-order valence-corrected chi connectivity index (χ4v) is 4.49. The Hall–Kier alpha value is -1.64. The second kappa shape index (κ2) is 7.54. The van der Waals surface area contributed by atoms with E-state index in [0.717, 1.165) is 50.7 Å². The zero-order valence-corrected chi connectivity index (χ0v) is 16.6. The number of rotatable bonds is 4. The number of nitrogens with zero attached hydrogens (tertiary/aromatic N) is 3. The van der Waals surface area contributed by atoms with Gasteiger partial charge in [0, 0.05) is 52.8 Å². The van der Waals surface area contributed by atoms with Crippen LogP contribution in [0.2, 0.25) is 0 Å². The summed E-state index contributed by atoms with van der Waals surface area (Å²) in [6.07, 6.45) is 2.27. The van der Waals surface area contributed by atoms with Crippen molar-refractivity contribution < 1.29 is 13.2 Å². The van der Waals surface area contributed by atoms with Gasteiger partial charge in [-0.2, -0.15) is 0 Å². The lowest BCUT2D eigenvalue weighted by Crippen LogP contribution is -2.41. The van der Waals surface area contributed by atoms with Crippen LogP contribution in [0.5, 0.6) is 0 Å². The molecule has 0 saturated carbocycles. The number of hydrogen-bond donors (Lipinski definition) is 1. The van der Waals surface area contributed by atoms with Crippen LogP contribution in [-0.2, 0) is 21.3 Å². The van der Waals surface area contributed by atoms with Gasteiger partial charge >= 0.3 is 0 Å². The number of sulfonamides is 1. The zero-order chi connectivity index (χ0) is 18.8. The Labute approximate surface area is 156 Å². The zero-order valence-electron chi connectivity index (χ0n) is 15.7. The van der Waals surface area contributed by atoms with E-state index in [-0.39, 0.29) is 0 Å². The van der Waals surface area contributed by atoms with E-state index >= 15 is 0 Å². The molecule has 2 aliphatic rings. The fraction of sp³-hybridized carbons (Fsp3) is 0.611. The number of nitrogens with one attached hydrogen (secondary N) is 1. The van der Waals surface area contributed by atoms with E-state index in [4.69, 9.17) is 4.74 Å². The van der Waals surface area contributed by atoms with E-state index in [2.05, 4.69) is 15.2 Å². The van der Waals surface area contributed by atoms with Crippen molar-refractivity contribution in [2.24, 2.45) is 10.4 Å². The summed E-state index contributed by atoms with van der Waals surface area (Å²) in [5.41, 5.74) is 1.31. The molecule has 2 fully saturated rings. The van der Waals surface area contributed by atoms with Crippen LogP contribution < -0.4 is 5.32 Å². The van der Waals surface area contributed by atoms with E-state index in [0.29, 0.717) is 16.9 Å². The minimum atomic E-state index is -3.39. The molecule has 26 heavy (non-hydrogen) atoms. The Balaban J connectivity index is 1.59. The number of aliphatic imine (C=N–C) groups is 1. The molecule has 0 aliphatic carbocycles. The van der Waals surface area contributed by atoms with Crippen LogP contribution in [0.4, 0.5) is 0 Å². The van der Waals surface area contributed by atoms with E-state index in [1.165, 1.54) is 18.4 Å². The molecule has 144 valence electrons. The molecule has 1 aromatic rings. The second-order valence-electron chi connectivity index (χ2n) is 7.31. The molecule has 0 amide bonds. The first-order valence-corrected chi connectivity index (χ1v) is 10.4. The highest BCUT2D eigenvalue weighted by molar-refractivity contribution is 7.89. The van der Waals surface area contributed by atoms with Gasteiger partial charge < -0.3 is 15.0 Å². The standard InChI is InChI=1S/C18H28N4O3S/c1-19-17(22-10-8-18(13-22)9-11-25-14-18)20-12-15-4-6-16(7-5-15)26(23,24)21(2)3/h4-7H,8-14H2,1-3H3,(H,19,20). The van der Waals surface area contributed by atoms with E-state index in [9.17, 15) is 8.42 Å². The predicted molar refractivity (Wildman–Crippen MR) is 102 cm³/mol. The molecule has 2 heterocycles. The lowest BCUT2D eigenvalue weighted by atomic mass is 9.87. The smallest absolute Gasteiger partial charge is 0.242 e. The van der Waals surface area contributed by atoms with Gasteiger partial charge in [-0.15, -0.1) is 0 Å². The first-order chi connectivity index (χ1) is 12.4. The molecule has 1 spiro atoms. The Kier molecular flexibility index (Phi) is 5.55. The van der Waals surface area contributed by atoms with Crippen LogP contribution in [-0.4, -0.2) is 71.0 Å². The molecule has 2 aliphatic heterocycles. The van der Waals surface area contributed by atoms with Crippen molar-refractivity contribution in [3.05, 3.63) is 29.8 Å². The Morgan fingerprint density at radius 1 is 1.31 bits per heavy atom. The largest absolute Gasteiger partial charge is 0.381 e. The monoisotopic (exact) mass is 380 g/mol. The number of guanidine groups is 1. The molecular weight excluding hydrogens is 352 g/mol. The van der Waals surface area contributed by atoms with Gasteiger partial charge in [0.25, 0.3) is 0 Å². The van der Waals surface area contributed by atoms with Crippen LogP contribution in [0.15, 0.2) is 34.2 Å². The van der Waals surface area contributed by atoms with Crippen LogP contribution in [0.1, 0.15) is 18.4 Å². The second-order valence-corrected chi connectivity index (χ2v) is 9.46. The summed E-state index contributed by atoms with van der Waals surface area (Å²) < 4.78 is 31.1. The first-order valence-electron chi connectivity index (χ1n) is 8.91. The van der Waals surface area contributed by atoms with Crippen LogP contribution >= 0.6 is 0 Å². The first kappa shape index (κ1) is 19.1. The van der Waals surface area contributed by atoms with Gasteiger partial charge in [-0.05, 0) is 30.5 Å². The number of benzene rings is 1. The average molecular weight is 381 g/mol. The normalized spacial score (nSPS) is 24.0. The summed E-state index contributed by atoms with van der Waals surface area (Å²) in [6.45, 7) is 4.29. The van der Waals surface area contributed by atoms with E-state index < -0.39 is 10.0 Å². The molecule has 1 N–H and O–H groups in total. The SMILES string of the molecule is CN=C(NCc1ccc(S(=O)(=O)N(C)C)cc1)N1CCC2(CCOC2)C1. The highest BCUT2D eigenvalue weighted by atomic mass is 32.2. The predicted octanol–water partition coefficient (Wildman–Crippen LogP) is 1.12. The third kappa shape index (κ3) is 3.87. The summed E-state index contributed by atoms with van der Waals surface area (Å²) in [7, 11) is 1.48. The molecule has 3 rings (SSSR count). The molecule has 1 aromatic carbocycles. The van der Waals surface area contributed by atoms with Gasteiger partial charge in [-0.3, -0.25) is 4.99 Å². The molecule has 2 saturated heterocycles. The Morgan fingerprint density at radius 2 is 2.04 bits per heavy atom. The topological polar surface area (TPSA) is 74.2 Å². The fourth-order valence-electron chi connectivity index (χ4n) is 3.59. The summed E-state index contributed by atoms with van der Waals surface area (Å²) in [5.74, 6) is 0.888. The maximum atomic E-state index is 12.1. The van der Waals surface area contributed by atoms with Crippen molar-refractivity contribution in [3.8, 4) is 0 Å². The molecular formula is C18H28N4O3S. The van der Waals surface area contributed by atoms with Crippen molar-refractivity contribution in [2.45, 2.75) is 24.3 Å². The van der Waals surface area contributed by atoms with E-state index in [1.54, 1.807) is 19.2 Å². The molecule has 0 bridgehead atoms. The number of hydrogen-bond acceptors (Lipinski definition) is 4. The lowest BCUT2D eigenvalue weighted by Gasteiger charge is -2.25. The quantitative estimate of drug-likeness (QED) is 0.626. The molecule has 0 aromatic heterocycles. The number of ether oxygens (including phenoxy) is 1. The van der Waals surface area contributed by atoms with E-state index in [1.807, 2.05) is 12.1 Å². The molecule has 7 nitrogen and oxygen atoms in total. The highest BCUT2D eigenvalue weighted by Crippen LogP contribution is 2.38. The van der Waals surface area contributed by atoms with Crippen molar-refractivity contribution in [3.63, 3.8) is 0 Å². The van der Waals surface area contributed by atoms with Gasteiger partial charge in [0.15, 0.2) is 5.96 Å². The van der Waals surface area contributed by atoms with Crippen LogP contribution in [0.25, 0.3) is 0 Å². The summed E-state index contributed by atoms with van der Waals surface area (Å²) >= 11 is 0. The van der Waals surface area contributed by atoms with Gasteiger partial charge in [0.05, 0.1) is 11.5 Å². The van der Waals surface area contributed by atoms with Crippen molar-refractivity contribution in [1.29, 1.82) is 0 Å². The summed E-state index contributed by atoms with van der Waals surface area (Å²) in [4.78, 5) is 7.00. The van der Waals surface area contributed by atoms with Gasteiger partial charge in [0.2, 0.25) is 10.0 Å². The summed E-state index contributed by atoms with van der Waals surface area (Å²) in [6, 6.07) is 6.98. The molecule has 1 atom stereocenters.